The van der Waals surface area contributed by atoms with Crippen LogP contribution in [-0.2, 0) is 16.0 Å². The Morgan fingerprint density at radius 2 is 2.14 bits per heavy atom. The molecule has 1 aliphatic heterocycles. The monoisotopic (exact) mass is 415 g/mol. The lowest BCUT2D eigenvalue weighted by atomic mass is 10.1. The first-order valence-corrected chi connectivity index (χ1v) is 10.1. The Morgan fingerprint density at radius 1 is 1.36 bits per heavy atom. The summed E-state index contributed by atoms with van der Waals surface area (Å²) in [6, 6.07) is 3.15. The second-order valence-corrected chi connectivity index (χ2v) is 7.58. The van der Waals surface area contributed by atoms with E-state index < -0.39 is 29.8 Å². The SMILES string of the molecule is O=C(O)CCCSCCN1C(=O)OC[C@@H]1/C=C/[C@@H](O)Cc1ccc(F)c(F)c1. The van der Waals surface area contributed by atoms with Gasteiger partial charge in [-0.2, -0.15) is 11.8 Å². The van der Waals surface area contributed by atoms with Crippen molar-refractivity contribution in [2.75, 3.05) is 24.7 Å². The van der Waals surface area contributed by atoms with Crippen molar-refractivity contribution in [2.45, 2.75) is 31.4 Å². The van der Waals surface area contributed by atoms with Crippen molar-refractivity contribution in [3.05, 3.63) is 47.5 Å². The first-order chi connectivity index (χ1) is 13.4. The van der Waals surface area contributed by atoms with Crippen molar-refractivity contribution in [3.63, 3.8) is 0 Å². The molecule has 9 heteroatoms. The number of ether oxygens (including phenoxy) is 1. The standard InChI is InChI=1S/C19H23F2NO5S/c20-16-6-3-13(11-17(16)21)10-15(23)5-4-14-12-27-19(26)22(14)7-9-28-8-1-2-18(24)25/h3-6,11,14-15,23H,1-2,7-10,12H2,(H,24,25)/b5-4+/t14-,15+/m0/s1. The van der Waals surface area contributed by atoms with Crippen LogP contribution in [0.5, 0.6) is 0 Å². The third-order valence-corrected chi connectivity index (χ3v) is 5.20. The van der Waals surface area contributed by atoms with E-state index in [9.17, 15) is 23.5 Å². The fourth-order valence-electron chi connectivity index (χ4n) is 2.70. The molecule has 1 aromatic carbocycles. The molecule has 2 N–H and O–H groups in total. The number of halogens is 2. The van der Waals surface area contributed by atoms with Gasteiger partial charge in [-0.3, -0.25) is 9.69 Å². The number of carboxylic acid groups (broad SMARTS) is 1. The molecule has 0 saturated carbocycles. The zero-order valence-electron chi connectivity index (χ0n) is 15.2. The second kappa shape index (κ2) is 11.0. The number of aliphatic hydroxyl groups is 1. The van der Waals surface area contributed by atoms with E-state index in [1.807, 2.05) is 0 Å². The van der Waals surface area contributed by atoms with Gasteiger partial charge in [-0.25, -0.2) is 13.6 Å². The number of carbonyl (C=O) groups excluding carboxylic acids is 1. The molecule has 1 aromatic rings. The second-order valence-electron chi connectivity index (χ2n) is 6.35. The molecular weight excluding hydrogens is 392 g/mol. The van der Waals surface area contributed by atoms with E-state index in [1.165, 1.54) is 12.1 Å². The summed E-state index contributed by atoms with van der Waals surface area (Å²) in [6.07, 6.45) is 2.66. The van der Waals surface area contributed by atoms with Gasteiger partial charge in [0.2, 0.25) is 0 Å². The quantitative estimate of drug-likeness (QED) is 0.427. The Morgan fingerprint density at radius 3 is 2.86 bits per heavy atom. The van der Waals surface area contributed by atoms with Crippen molar-refractivity contribution in [1.29, 1.82) is 0 Å². The average Bonchev–Trinajstić information content (AvgIpc) is 2.99. The molecule has 0 spiro atoms. The van der Waals surface area contributed by atoms with E-state index >= 15 is 0 Å². The maximum atomic E-state index is 13.2. The minimum absolute atomic E-state index is 0.120. The van der Waals surface area contributed by atoms with Gasteiger partial charge in [0.15, 0.2) is 11.6 Å². The van der Waals surface area contributed by atoms with Crippen LogP contribution in [0.2, 0.25) is 0 Å². The molecule has 1 aliphatic rings. The van der Waals surface area contributed by atoms with Crippen LogP contribution in [0.3, 0.4) is 0 Å². The molecule has 154 valence electrons. The van der Waals surface area contributed by atoms with Gasteiger partial charge in [0.05, 0.1) is 12.1 Å². The van der Waals surface area contributed by atoms with E-state index in [1.54, 1.807) is 22.7 Å². The first-order valence-electron chi connectivity index (χ1n) is 8.90. The Bertz CT molecular complexity index is 716. The van der Waals surface area contributed by atoms with Crippen LogP contribution >= 0.6 is 11.8 Å². The number of benzene rings is 1. The number of hydrogen-bond acceptors (Lipinski definition) is 5. The number of aliphatic carboxylic acids is 1. The van der Waals surface area contributed by atoms with Crippen LogP contribution in [0.4, 0.5) is 13.6 Å². The van der Waals surface area contributed by atoms with Gasteiger partial charge in [-0.05, 0) is 29.9 Å². The fourth-order valence-corrected chi connectivity index (χ4v) is 3.58. The normalized spacial score (nSPS) is 17.9. The minimum atomic E-state index is -0.963. The van der Waals surface area contributed by atoms with E-state index in [0.717, 1.165) is 12.1 Å². The Balaban J connectivity index is 1.79. The zero-order chi connectivity index (χ0) is 20.5. The van der Waals surface area contributed by atoms with Crippen LogP contribution in [0.15, 0.2) is 30.4 Å². The number of nitrogens with zero attached hydrogens (tertiary/aromatic N) is 1. The Hall–Kier alpha value is -2.13. The fraction of sp³-hybridized carbons (Fsp3) is 0.474. The minimum Gasteiger partial charge on any atom is -0.481 e. The number of hydrogen-bond donors (Lipinski definition) is 2. The summed E-state index contributed by atoms with van der Waals surface area (Å²) in [4.78, 5) is 23.8. The molecule has 1 amide bonds. The molecule has 0 unspecified atom stereocenters. The molecule has 2 rings (SSSR count). The molecule has 2 atom stereocenters. The highest BCUT2D eigenvalue weighted by atomic mass is 32.2. The molecule has 28 heavy (non-hydrogen) atoms. The van der Waals surface area contributed by atoms with Crippen molar-refractivity contribution in [1.82, 2.24) is 4.90 Å². The summed E-state index contributed by atoms with van der Waals surface area (Å²) in [7, 11) is 0. The smallest absolute Gasteiger partial charge is 0.410 e. The summed E-state index contributed by atoms with van der Waals surface area (Å²) < 4.78 is 31.2. The summed E-state index contributed by atoms with van der Waals surface area (Å²) in [6.45, 7) is 0.627. The topological polar surface area (TPSA) is 87.1 Å². The van der Waals surface area contributed by atoms with Crippen molar-refractivity contribution >= 4 is 23.8 Å². The maximum absolute atomic E-state index is 13.2. The molecule has 0 aliphatic carbocycles. The van der Waals surface area contributed by atoms with E-state index in [4.69, 9.17) is 9.84 Å². The molecule has 1 heterocycles. The van der Waals surface area contributed by atoms with Crippen LogP contribution in [0.25, 0.3) is 0 Å². The zero-order valence-corrected chi connectivity index (χ0v) is 16.0. The van der Waals surface area contributed by atoms with Crippen LogP contribution < -0.4 is 0 Å². The molecule has 0 radical (unpaired) electrons. The van der Waals surface area contributed by atoms with E-state index in [0.29, 0.717) is 30.0 Å². The third kappa shape index (κ3) is 7.12. The molecular formula is C19H23F2NO5S. The highest BCUT2D eigenvalue weighted by molar-refractivity contribution is 7.99. The predicted molar refractivity (Wildman–Crippen MR) is 101 cm³/mol. The highest BCUT2D eigenvalue weighted by Crippen LogP contribution is 2.17. The Kier molecular flexibility index (Phi) is 8.72. The van der Waals surface area contributed by atoms with Gasteiger partial charge in [-0.15, -0.1) is 0 Å². The van der Waals surface area contributed by atoms with Gasteiger partial charge >= 0.3 is 12.1 Å². The summed E-state index contributed by atoms with van der Waals surface area (Å²) in [5.41, 5.74) is 0.462. The summed E-state index contributed by atoms with van der Waals surface area (Å²) in [5, 5.41) is 18.7. The van der Waals surface area contributed by atoms with Crippen LogP contribution in [0.1, 0.15) is 18.4 Å². The van der Waals surface area contributed by atoms with E-state index in [-0.39, 0.29) is 25.5 Å². The lowest BCUT2D eigenvalue weighted by molar-refractivity contribution is -0.137. The lowest BCUT2D eigenvalue weighted by Crippen LogP contribution is -2.34. The van der Waals surface area contributed by atoms with Crippen molar-refractivity contribution in [2.24, 2.45) is 0 Å². The average molecular weight is 415 g/mol. The van der Waals surface area contributed by atoms with Crippen LogP contribution in [0, 0.1) is 11.6 Å². The van der Waals surface area contributed by atoms with Gasteiger partial charge in [0, 0.05) is 25.1 Å². The molecule has 0 bridgehead atoms. The van der Waals surface area contributed by atoms with Gasteiger partial charge in [0.25, 0.3) is 0 Å². The largest absolute Gasteiger partial charge is 0.481 e. The number of rotatable bonds is 11. The van der Waals surface area contributed by atoms with Crippen molar-refractivity contribution in [3.8, 4) is 0 Å². The number of amides is 1. The molecule has 0 aromatic heterocycles. The Labute approximate surface area is 166 Å². The molecule has 1 saturated heterocycles. The maximum Gasteiger partial charge on any atom is 0.410 e. The first kappa shape index (κ1) is 22.2. The van der Waals surface area contributed by atoms with Gasteiger partial charge in [-0.1, -0.05) is 18.2 Å². The number of thioether (sulfide) groups is 1. The number of cyclic esters (lactones) is 1. The summed E-state index contributed by atoms with van der Waals surface area (Å²) in [5.74, 6) is -1.38. The number of aliphatic hydroxyl groups excluding tert-OH is 1. The summed E-state index contributed by atoms with van der Waals surface area (Å²) >= 11 is 1.56. The molecule has 6 nitrogen and oxygen atoms in total. The van der Waals surface area contributed by atoms with Crippen LogP contribution in [-0.4, -0.2) is 64.0 Å². The number of carboxylic acids is 1. The van der Waals surface area contributed by atoms with Gasteiger partial charge < -0.3 is 14.9 Å². The predicted octanol–water partition coefficient (Wildman–Crippen LogP) is 2.84. The van der Waals surface area contributed by atoms with Gasteiger partial charge in [0.1, 0.15) is 6.61 Å². The van der Waals surface area contributed by atoms with E-state index in [2.05, 4.69) is 0 Å². The third-order valence-electron chi connectivity index (χ3n) is 4.15. The number of carbonyl (C=O) groups is 2. The molecule has 1 fully saturated rings. The highest BCUT2D eigenvalue weighted by Gasteiger charge is 2.30. The lowest BCUT2D eigenvalue weighted by Gasteiger charge is -2.18. The van der Waals surface area contributed by atoms with Crippen molar-refractivity contribution < 1.29 is 33.3 Å².